The molecular weight excluding hydrogens is 361 g/mol. The molecule has 0 saturated heterocycles. The second kappa shape index (κ2) is 10.2. The van der Waals surface area contributed by atoms with Crippen LogP contribution in [-0.2, 0) is 6.54 Å². The maximum absolute atomic E-state index is 12.9. The molecule has 132 valence electrons. The summed E-state index contributed by atoms with van der Waals surface area (Å²) in [7, 11) is 0. The van der Waals surface area contributed by atoms with E-state index in [9.17, 15) is 4.39 Å². The number of nitrogens with one attached hydrogen (secondary N) is 1. The van der Waals surface area contributed by atoms with Gasteiger partial charge in [0.05, 0.1) is 6.54 Å². The van der Waals surface area contributed by atoms with Gasteiger partial charge in [0.2, 0.25) is 0 Å². The molecule has 0 unspecified atom stereocenters. The summed E-state index contributed by atoms with van der Waals surface area (Å²) in [6, 6.07) is 12.0. The lowest BCUT2D eigenvalue weighted by Gasteiger charge is -2.03. The third-order valence-electron chi connectivity index (χ3n) is 3.36. The van der Waals surface area contributed by atoms with Crippen molar-refractivity contribution < 1.29 is 8.81 Å². The third kappa shape index (κ3) is 6.16. The monoisotopic (exact) mass is 379 g/mol. The molecule has 1 N–H and O–H groups in total. The predicted octanol–water partition coefficient (Wildman–Crippen LogP) is 4.57. The second-order valence-corrected chi connectivity index (χ2v) is 6.25. The molecule has 0 saturated carbocycles. The van der Waals surface area contributed by atoms with Gasteiger partial charge < -0.3 is 9.73 Å². The van der Waals surface area contributed by atoms with Crippen molar-refractivity contribution in [1.82, 2.24) is 15.3 Å². The Morgan fingerprint density at radius 2 is 1.80 bits per heavy atom. The van der Waals surface area contributed by atoms with E-state index in [1.54, 1.807) is 36.3 Å². The summed E-state index contributed by atoms with van der Waals surface area (Å²) in [6.07, 6.45) is 4.53. The maximum Gasteiger partial charge on any atom is 0.187 e. The predicted molar refractivity (Wildman–Crippen MR) is 100 cm³/mol. The van der Waals surface area contributed by atoms with Gasteiger partial charge in [0.1, 0.15) is 17.3 Å². The average Bonchev–Trinajstić information content (AvgIpc) is 3.08. The molecule has 3 rings (SSSR count). The van der Waals surface area contributed by atoms with Gasteiger partial charge in [-0.3, -0.25) is 0 Å². The first-order valence-electron chi connectivity index (χ1n) is 7.76. The minimum Gasteiger partial charge on any atom is -0.460 e. The van der Waals surface area contributed by atoms with Crippen LogP contribution in [-0.4, -0.2) is 22.3 Å². The van der Waals surface area contributed by atoms with Gasteiger partial charge in [0.15, 0.2) is 5.16 Å². The molecule has 7 heteroatoms. The SMILES string of the molecule is Cl.Fc1ccc(-c2ccc(CNCCCSc3ncccn3)o2)cc1. The number of halogens is 2. The fourth-order valence-corrected chi connectivity index (χ4v) is 2.92. The average molecular weight is 380 g/mol. The van der Waals surface area contributed by atoms with Gasteiger partial charge in [0.25, 0.3) is 0 Å². The molecule has 4 nitrogen and oxygen atoms in total. The first kappa shape index (κ1) is 19.4. The van der Waals surface area contributed by atoms with Gasteiger partial charge in [-0.1, -0.05) is 11.8 Å². The fraction of sp³-hybridized carbons (Fsp3) is 0.222. The van der Waals surface area contributed by atoms with Crippen molar-refractivity contribution in [1.29, 1.82) is 0 Å². The Morgan fingerprint density at radius 3 is 2.56 bits per heavy atom. The molecule has 0 radical (unpaired) electrons. The van der Waals surface area contributed by atoms with Crippen LogP contribution in [0.4, 0.5) is 4.39 Å². The van der Waals surface area contributed by atoms with E-state index in [4.69, 9.17) is 4.42 Å². The van der Waals surface area contributed by atoms with Gasteiger partial charge in [-0.05, 0) is 55.4 Å². The van der Waals surface area contributed by atoms with E-state index in [1.165, 1.54) is 12.1 Å². The van der Waals surface area contributed by atoms with Crippen molar-refractivity contribution in [3.05, 3.63) is 66.4 Å². The summed E-state index contributed by atoms with van der Waals surface area (Å²) in [4.78, 5) is 8.35. The van der Waals surface area contributed by atoms with Crippen molar-refractivity contribution in [3.63, 3.8) is 0 Å². The molecule has 0 aliphatic heterocycles. The summed E-state index contributed by atoms with van der Waals surface area (Å²) in [5.41, 5.74) is 0.877. The molecule has 2 aromatic heterocycles. The lowest BCUT2D eigenvalue weighted by Crippen LogP contribution is -2.14. The number of nitrogens with zero attached hydrogens (tertiary/aromatic N) is 2. The minimum absolute atomic E-state index is 0. The molecule has 0 fully saturated rings. The molecule has 0 atom stereocenters. The van der Waals surface area contributed by atoms with Crippen molar-refractivity contribution >= 4 is 24.2 Å². The summed E-state index contributed by atoms with van der Waals surface area (Å²) in [5.74, 6) is 2.35. The van der Waals surface area contributed by atoms with Gasteiger partial charge >= 0.3 is 0 Å². The first-order valence-corrected chi connectivity index (χ1v) is 8.75. The van der Waals surface area contributed by atoms with E-state index < -0.39 is 0 Å². The molecule has 2 heterocycles. The Bertz CT molecular complexity index is 753. The smallest absolute Gasteiger partial charge is 0.187 e. The summed E-state index contributed by atoms with van der Waals surface area (Å²) < 4.78 is 18.7. The van der Waals surface area contributed by atoms with Crippen LogP contribution in [0.15, 0.2) is 64.4 Å². The zero-order valence-electron chi connectivity index (χ0n) is 13.5. The number of rotatable bonds is 8. The molecule has 25 heavy (non-hydrogen) atoms. The number of benzene rings is 1. The minimum atomic E-state index is -0.244. The number of hydrogen-bond donors (Lipinski definition) is 1. The van der Waals surface area contributed by atoms with E-state index in [1.807, 2.05) is 18.2 Å². The van der Waals surface area contributed by atoms with Crippen molar-refractivity contribution in [2.24, 2.45) is 0 Å². The Labute approximate surface area is 156 Å². The maximum atomic E-state index is 12.9. The number of thioether (sulfide) groups is 1. The number of hydrogen-bond acceptors (Lipinski definition) is 5. The van der Waals surface area contributed by atoms with Crippen LogP contribution >= 0.6 is 24.2 Å². The van der Waals surface area contributed by atoms with Crippen LogP contribution in [0.3, 0.4) is 0 Å². The molecular formula is C18H19ClFN3OS. The summed E-state index contributed by atoms with van der Waals surface area (Å²) in [5, 5.41) is 4.17. The molecule has 0 aliphatic carbocycles. The summed E-state index contributed by atoms with van der Waals surface area (Å²) >= 11 is 1.65. The van der Waals surface area contributed by atoms with Crippen LogP contribution in [0.25, 0.3) is 11.3 Å². The first-order chi connectivity index (χ1) is 11.8. The lowest BCUT2D eigenvalue weighted by molar-refractivity contribution is 0.494. The van der Waals surface area contributed by atoms with Crippen LogP contribution in [0.2, 0.25) is 0 Å². The second-order valence-electron chi connectivity index (χ2n) is 5.18. The molecule has 0 aliphatic rings. The zero-order chi connectivity index (χ0) is 16.6. The lowest BCUT2D eigenvalue weighted by atomic mass is 10.2. The Hall–Kier alpha value is -1.89. The molecule has 1 aromatic carbocycles. The van der Waals surface area contributed by atoms with E-state index in [-0.39, 0.29) is 18.2 Å². The molecule has 0 spiro atoms. The highest BCUT2D eigenvalue weighted by molar-refractivity contribution is 7.99. The van der Waals surface area contributed by atoms with Gasteiger partial charge in [-0.25, -0.2) is 14.4 Å². The highest BCUT2D eigenvalue weighted by Gasteiger charge is 2.05. The largest absolute Gasteiger partial charge is 0.460 e. The van der Waals surface area contributed by atoms with E-state index in [0.29, 0.717) is 6.54 Å². The van der Waals surface area contributed by atoms with Crippen molar-refractivity contribution in [2.75, 3.05) is 12.3 Å². The Morgan fingerprint density at radius 1 is 1.04 bits per heavy atom. The molecule has 0 bridgehead atoms. The molecule has 3 aromatic rings. The Balaban J connectivity index is 0.00000225. The van der Waals surface area contributed by atoms with Crippen LogP contribution in [0.1, 0.15) is 12.2 Å². The van der Waals surface area contributed by atoms with E-state index in [0.717, 1.165) is 41.0 Å². The van der Waals surface area contributed by atoms with Gasteiger partial charge in [0, 0.05) is 23.7 Å². The Kier molecular flexibility index (Phi) is 7.91. The highest BCUT2D eigenvalue weighted by atomic mass is 35.5. The van der Waals surface area contributed by atoms with Gasteiger partial charge in [-0.2, -0.15) is 0 Å². The van der Waals surface area contributed by atoms with Gasteiger partial charge in [-0.15, -0.1) is 12.4 Å². The molecule has 0 amide bonds. The van der Waals surface area contributed by atoms with Crippen LogP contribution in [0, 0.1) is 5.82 Å². The van der Waals surface area contributed by atoms with Crippen LogP contribution in [0.5, 0.6) is 0 Å². The highest BCUT2D eigenvalue weighted by Crippen LogP contribution is 2.22. The van der Waals surface area contributed by atoms with E-state index >= 15 is 0 Å². The topological polar surface area (TPSA) is 51.0 Å². The normalized spacial score (nSPS) is 10.4. The van der Waals surface area contributed by atoms with Crippen molar-refractivity contribution in [2.45, 2.75) is 18.1 Å². The van der Waals surface area contributed by atoms with Crippen molar-refractivity contribution in [3.8, 4) is 11.3 Å². The fourth-order valence-electron chi connectivity index (χ4n) is 2.17. The quantitative estimate of drug-likeness (QED) is 0.353. The summed E-state index contributed by atoms with van der Waals surface area (Å²) in [6.45, 7) is 1.57. The number of furan rings is 1. The van der Waals surface area contributed by atoms with Crippen LogP contribution < -0.4 is 5.32 Å². The zero-order valence-corrected chi connectivity index (χ0v) is 15.2. The number of aromatic nitrogens is 2. The standard InChI is InChI=1S/C18H18FN3OS.ClH/c19-15-5-3-14(4-6-15)17-8-7-16(23-17)13-20-9-2-12-24-18-21-10-1-11-22-18;/h1,3-8,10-11,20H,2,9,12-13H2;1H. The third-order valence-corrected chi connectivity index (χ3v) is 4.32. The van der Waals surface area contributed by atoms with E-state index in [2.05, 4.69) is 15.3 Å².